The Morgan fingerprint density at radius 1 is 1.38 bits per heavy atom. The topological polar surface area (TPSA) is 30.7 Å². The molecule has 0 spiro atoms. The zero-order valence-electron chi connectivity index (χ0n) is 6.81. The van der Waals surface area contributed by atoms with Gasteiger partial charge >= 0.3 is 0 Å². The molecule has 0 N–H and O–H groups in total. The Morgan fingerprint density at radius 3 is 2.85 bits per heavy atom. The van der Waals surface area contributed by atoms with Crippen LogP contribution >= 0.6 is 0 Å². The van der Waals surface area contributed by atoms with Gasteiger partial charge in [0, 0.05) is 19.4 Å². The molecule has 13 heavy (non-hydrogen) atoms. The van der Waals surface area contributed by atoms with Crippen LogP contribution in [0.15, 0.2) is 30.6 Å². The van der Waals surface area contributed by atoms with Crippen LogP contribution < -0.4 is 0 Å². The summed E-state index contributed by atoms with van der Waals surface area (Å²) in [6.07, 6.45) is 3.27. The van der Waals surface area contributed by atoms with Gasteiger partial charge in [0.1, 0.15) is 5.69 Å². The molecule has 3 nitrogen and oxygen atoms in total. The van der Waals surface area contributed by atoms with Gasteiger partial charge in [-0.1, -0.05) is 6.07 Å². The number of halogens is 1. The van der Waals surface area contributed by atoms with E-state index in [1.165, 1.54) is 6.07 Å². The highest BCUT2D eigenvalue weighted by atomic mass is 19.1. The number of rotatable bonds is 1. The molecule has 0 saturated heterocycles. The molecule has 0 unspecified atom stereocenters. The number of pyridine rings is 1. The van der Waals surface area contributed by atoms with Crippen molar-refractivity contribution in [1.82, 2.24) is 14.5 Å². The van der Waals surface area contributed by atoms with E-state index in [1.807, 2.05) is 0 Å². The van der Waals surface area contributed by atoms with Crippen molar-refractivity contribution in [2.75, 3.05) is 0 Å². The van der Waals surface area contributed by atoms with Gasteiger partial charge in [0.15, 0.2) is 5.82 Å². The van der Waals surface area contributed by atoms with Crippen LogP contribution in [0.5, 0.6) is 0 Å². The van der Waals surface area contributed by atoms with Crippen LogP contribution in [0.4, 0.5) is 4.39 Å². The summed E-state index contributed by atoms with van der Waals surface area (Å²) < 4.78 is 14.3. The number of hydrogen-bond acceptors (Lipinski definition) is 2. The monoisotopic (exact) mass is 176 g/mol. The second kappa shape index (κ2) is 2.97. The summed E-state index contributed by atoms with van der Waals surface area (Å²) in [6, 6.07) is 4.57. The van der Waals surface area contributed by atoms with Crippen molar-refractivity contribution in [3.63, 3.8) is 0 Å². The summed E-state index contributed by atoms with van der Waals surface area (Å²) in [5.74, 6) is 0.0417. The SMILES string of the molecule is [CH2]n1ccnc1-c1cccc(F)n1. The fourth-order valence-corrected chi connectivity index (χ4v) is 1.08. The Hall–Kier alpha value is -1.71. The van der Waals surface area contributed by atoms with Gasteiger partial charge in [-0.15, -0.1) is 0 Å². The molecule has 2 aromatic rings. The minimum atomic E-state index is -0.513. The molecule has 4 heteroatoms. The standard InChI is InChI=1S/C9H7FN3/c1-13-6-5-11-9(13)7-3-2-4-8(10)12-7/h2-6H,1H2. The van der Waals surface area contributed by atoms with Gasteiger partial charge in [-0.2, -0.15) is 4.39 Å². The second-order valence-electron chi connectivity index (χ2n) is 2.57. The lowest BCUT2D eigenvalue weighted by molar-refractivity contribution is 0.584. The summed E-state index contributed by atoms with van der Waals surface area (Å²) in [4.78, 5) is 7.68. The first-order valence-corrected chi connectivity index (χ1v) is 3.74. The van der Waals surface area contributed by atoms with Crippen LogP contribution in [0.25, 0.3) is 11.5 Å². The van der Waals surface area contributed by atoms with Crippen LogP contribution in [-0.4, -0.2) is 14.5 Å². The number of nitrogens with zero attached hydrogens (tertiary/aromatic N) is 3. The molecule has 0 bridgehead atoms. The third-order valence-corrected chi connectivity index (χ3v) is 1.66. The van der Waals surface area contributed by atoms with Gasteiger partial charge in [-0.25, -0.2) is 9.97 Å². The molecule has 2 rings (SSSR count). The summed E-state index contributed by atoms with van der Waals surface area (Å²) in [5.41, 5.74) is 0.486. The van der Waals surface area contributed by atoms with Gasteiger partial charge < -0.3 is 4.57 Å². The third-order valence-electron chi connectivity index (χ3n) is 1.66. The zero-order valence-corrected chi connectivity index (χ0v) is 6.81. The molecule has 0 saturated carbocycles. The summed E-state index contributed by atoms with van der Waals surface area (Å²) in [5, 5.41) is 0. The predicted molar refractivity (Wildman–Crippen MR) is 46.2 cm³/mol. The zero-order chi connectivity index (χ0) is 9.26. The van der Waals surface area contributed by atoms with E-state index in [-0.39, 0.29) is 0 Å². The highest BCUT2D eigenvalue weighted by Gasteiger charge is 2.04. The average molecular weight is 176 g/mol. The molecule has 0 aliphatic rings. The first-order chi connectivity index (χ1) is 6.27. The van der Waals surface area contributed by atoms with Crippen LogP contribution in [0.1, 0.15) is 0 Å². The lowest BCUT2D eigenvalue weighted by Gasteiger charge is -1.99. The van der Waals surface area contributed by atoms with E-state index in [9.17, 15) is 4.39 Å². The Labute approximate surface area is 74.9 Å². The minimum Gasteiger partial charge on any atom is -0.328 e. The van der Waals surface area contributed by atoms with Crippen LogP contribution in [0.3, 0.4) is 0 Å². The first-order valence-electron chi connectivity index (χ1n) is 3.74. The molecule has 0 atom stereocenters. The Bertz CT molecular complexity index is 422. The molecule has 0 fully saturated rings. The fourth-order valence-electron chi connectivity index (χ4n) is 1.08. The van der Waals surface area contributed by atoms with Crippen molar-refractivity contribution in [3.8, 4) is 11.5 Å². The van der Waals surface area contributed by atoms with Gasteiger partial charge in [-0.05, 0) is 12.1 Å². The average Bonchev–Trinajstić information content (AvgIpc) is 2.51. The Morgan fingerprint density at radius 2 is 2.23 bits per heavy atom. The quantitative estimate of drug-likeness (QED) is 0.619. The maximum atomic E-state index is 12.7. The lowest BCUT2D eigenvalue weighted by Crippen LogP contribution is -1.93. The van der Waals surface area contributed by atoms with Gasteiger partial charge in [0.2, 0.25) is 5.95 Å². The normalized spacial score (nSPS) is 10.3. The smallest absolute Gasteiger partial charge is 0.213 e. The highest BCUT2D eigenvalue weighted by Crippen LogP contribution is 2.13. The fraction of sp³-hybridized carbons (Fsp3) is 0. The van der Waals surface area contributed by atoms with E-state index in [4.69, 9.17) is 0 Å². The molecule has 0 amide bonds. The first kappa shape index (κ1) is 7.91. The van der Waals surface area contributed by atoms with Crippen molar-refractivity contribution >= 4 is 0 Å². The molecule has 2 heterocycles. The van der Waals surface area contributed by atoms with Crippen molar-refractivity contribution in [3.05, 3.63) is 43.6 Å². The van der Waals surface area contributed by atoms with Gasteiger partial charge in [0.05, 0.1) is 0 Å². The van der Waals surface area contributed by atoms with Crippen molar-refractivity contribution < 1.29 is 4.39 Å². The second-order valence-corrected chi connectivity index (χ2v) is 2.57. The largest absolute Gasteiger partial charge is 0.328 e. The van der Waals surface area contributed by atoms with E-state index < -0.39 is 5.95 Å². The molecule has 65 valence electrons. The van der Waals surface area contributed by atoms with E-state index in [2.05, 4.69) is 17.0 Å². The summed E-state index contributed by atoms with van der Waals surface area (Å²) in [7, 11) is 3.68. The molecular formula is C9H7FN3. The summed E-state index contributed by atoms with van der Waals surface area (Å²) in [6.45, 7) is 0. The van der Waals surface area contributed by atoms with Crippen molar-refractivity contribution in [2.45, 2.75) is 0 Å². The van der Waals surface area contributed by atoms with Gasteiger partial charge in [0.25, 0.3) is 0 Å². The van der Waals surface area contributed by atoms with E-state index >= 15 is 0 Å². The number of aromatic nitrogens is 3. The summed E-state index contributed by atoms with van der Waals surface area (Å²) >= 11 is 0. The van der Waals surface area contributed by atoms with E-state index in [0.29, 0.717) is 11.5 Å². The van der Waals surface area contributed by atoms with E-state index in [0.717, 1.165) is 0 Å². The molecule has 0 aliphatic carbocycles. The highest BCUT2D eigenvalue weighted by molar-refractivity contribution is 5.49. The van der Waals surface area contributed by atoms with Crippen LogP contribution in [0.2, 0.25) is 0 Å². The molecule has 0 aliphatic heterocycles. The maximum absolute atomic E-state index is 12.7. The maximum Gasteiger partial charge on any atom is 0.213 e. The Kier molecular flexibility index (Phi) is 1.81. The number of imidazole rings is 1. The molecule has 1 radical (unpaired) electrons. The Balaban J connectivity index is 2.53. The molecule has 0 aromatic carbocycles. The molecule has 2 aromatic heterocycles. The van der Waals surface area contributed by atoms with E-state index in [1.54, 1.807) is 29.1 Å². The van der Waals surface area contributed by atoms with Crippen LogP contribution in [0, 0.1) is 13.0 Å². The minimum absolute atomic E-state index is 0.486. The number of hydrogen-bond donors (Lipinski definition) is 0. The molecular weight excluding hydrogens is 169 g/mol. The lowest BCUT2D eigenvalue weighted by atomic mass is 10.3. The van der Waals surface area contributed by atoms with Crippen molar-refractivity contribution in [1.29, 1.82) is 0 Å². The van der Waals surface area contributed by atoms with Crippen molar-refractivity contribution in [2.24, 2.45) is 0 Å². The third kappa shape index (κ3) is 1.42. The van der Waals surface area contributed by atoms with Crippen LogP contribution in [-0.2, 0) is 0 Å². The predicted octanol–water partition coefficient (Wildman–Crippen LogP) is 1.72. The van der Waals surface area contributed by atoms with Gasteiger partial charge in [-0.3, -0.25) is 0 Å².